The van der Waals surface area contributed by atoms with Crippen molar-refractivity contribution in [3.8, 4) is 5.75 Å². The zero-order valence-electron chi connectivity index (χ0n) is 16.3. The van der Waals surface area contributed by atoms with Gasteiger partial charge in [-0.3, -0.25) is 9.78 Å². The van der Waals surface area contributed by atoms with Gasteiger partial charge in [-0.2, -0.15) is 0 Å². The number of thioether (sulfide) groups is 1. The summed E-state index contributed by atoms with van der Waals surface area (Å²) in [6.07, 6.45) is 2.14. The maximum atomic E-state index is 11.6. The number of aromatic nitrogens is 2. The molecule has 2 N–H and O–H groups in total. The van der Waals surface area contributed by atoms with E-state index in [-0.39, 0.29) is 0 Å². The Hall–Kier alpha value is -2.73. The molecule has 0 saturated carbocycles. The lowest BCUT2D eigenvalue weighted by Crippen LogP contribution is -2.26. The molecule has 0 aliphatic rings. The molecule has 1 aromatic carbocycles. The number of nitrogens with one attached hydrogen (secondary N) is 1. The summed E-state index contributed by atoms with van der Waals surface area (Å²) in [7, 11) is 0. The molecule has 0 radical (unpaired) electrons. The molecule has 28 heavy (non-hydrogen) atoms. The van der Waals surface area contributed by atoms with E-state index in [0.29, 0.717) is 13.0 Å². The Morgan fingerprint density at radius 1 is 1.32 bits per heavy atom. The van der Waals surface area contributed by atoms with E-state index in [0.717, 1.165) is 37.8 Å². The van der Waals surface area contributed by atoms with E-state index in [1.165, 1.54) is 0 Å². The smallest absolute Gasteiger partial charge is 0.309 e. The van der Waals surface area contributed by atoms with Crippen LogP contribution in [0.5, 0.6) is 5.75 Å². The molecule has 6 heteroatoms. The number of fused-ring (bicyclic) bond motifs is 1. The van der Waals surface area contributed by atoms with E-state index in [1.807, 2.05) is 43.3 Å². The Balaban J connectivity index is 1.94. The Morgan fingerprint density at radius 3 is 2.75 bits per heavy atom. The lowest BCUT2D eigenvalue weighted by Gasteiger charge is -2.19. The molecule has 0 aliphatic heterocycles. The van der Waals surface area contributed by atoms with Crippen LogP contribution in [0.3, 0.4) is 0 Å². The summed E-state index contributed by atoms with van der Waals surface area (Å²) in [5.41, 5.74) is 1.84. The molecule has 3 rings (SSSR count). The van der Waals surface area contributed by atoms with Crippen molar-refractivity contribution in [3.63, 3.8) is 0 Å². The number of hydrogen-bond acceptors (Lipinski definition) is 4. The minimum absolute atomic E-state index is 0.388. The highest BCUT2D eigenvalue weighted by Crippen LogP contribution is 2.39. The largest absolute Gasteiger partial charge is 0.487 e. The van der Waals surface area contributed by atoms with Crippen LogP contribution in [0.4, 0.5) is 0 Å². The third-order valence-corrected chi connectivity index (χ3v) is 5.40. The van der Waals surface area contributed by atoms with Crippen molar-refractivity contribution in [2.24, 2.45) is 5.41 Å². The van der Waals surface area contributed by atoms with E-state index < -0.39 is 11.4 Å². The molecule has 5 nitrogen and oxygen atoms in total. The lowest BCUT2D eigenvalue weighted by atomic mass is 9.88. The molecule has 2 heterocycles. The van der Waals surface area contributed by atoms with Crippen LogP contribution < -0.4 is 4.74 Å². The van der Waals surface area contributed by atoms with Gasteiger partial charge in [0.05, 0.1) is 11.1 Å². The van der Waals surface area contributed by atoms with Crippen LogP contribution in [0.25, 0.3) is 10.9 Å². The number of hydrogen-bond donors (Lipinski definition) is 2. The third kappa shape index (κ3) is 4.57. The van der Waals surface area contributed by atoms with E-state index in [2.05, 4.69) is 16.5 Å². The number of aliphatic carboxylic acids is 1. The first-order chi connectivity index (χ1) is 13.3. The van der Waals surface area contributed by atoms with Gasteiger partial charge in [0.2, 0.25) is 0 Å². The van der Waals surface area contributed by atoms with Crippen molar-refractivity contribution in [3.05, 3.63) is 65.5 Å². The minimum Gasteiger partial charge on any atom is -0.487 e. The fourth-order valence-electron chi connectivity index (χ4n) is 2.87. The molecule has 0 unspecified atom stereocenters. The number of nitrogens with zero attached hydrogens (tertiary/aromatic N) is 1. The quantitative estimate of drug-likeness (QED) is 0.497. The summed E-state index contributed by atoms with van der Waals surface area (Å²) < 4.78 is 5.91. The molecule has 0 fully saturated rings. The van der Waals surface area contributed by atoms with Crippen LogP contribution in [0, 0.1) is 5.41 Å². The second-order valence-corrected chi connectivity index (χ2v) is 8.73. The number of allylic oxidation sites excluding steroid dienone is 1. The molecule has 0 saturated heterocycles. The third-order valence-electron chi connectivity index (χ3n) is 4.38. The molecule has 0 spiro atoms. The van der Waals surface area contributed by atoms with Crippen LogP contribution in [0.1, 0.15) is 32.2 Å². The number of pyridine rings is 1. The summed E-state index contributed by atoms with van der Waals surface area (Å²) in [6.45, 7) is 9.80. The second kappa shape index (κ2) is 8.10. The van der Waals surface area contributed by atoms with Crippen molar-refractivity contribution < 1.29 is 14.6 Å². The number of ether oxygens (including phenoxy) is 1. The van der Waals surface area contributed by atoms with Gasteiger partial charge in [0.1, 0.15) is 12.4 Å². The molecule has 2 aromatic heterocycles. The van der Waals surface area contributed by atoms with Crippen LogP contribution in [-0.2, 0) is 17.8 Å². The van der Waals surface area contributed by atoms with Crippen molar-refractivity contribution in [2.75, 3.05) is 0 Å². The van der Waals surface area contributed by atoms with Crippen LogP contribution in [0.15, 0.2) is 59.0 Å². The molecule has 0 aliphatic carbocycles. The Bertz CT molecular complexity index is 1010. The Kier molecular flexibility index (Phi) is 5.79. The number of carbonyl (C=O) groups is 1. The van der Waals surface area contributed by atoms with Crippen LogP contribution in [0.2, 0.25) is 0 Å². The number of H-pyrrole nitrogens is 1. The lowest BCUT2D eigenvalue weighted by molar-refractivity contribution is -0.146. The summed E-state index contributed by atoms with van der Waals surface area (Å²) in [4.78, 5) is 21.2. The van der Waals surface area contributed by atoms with Crippen LogP contribution >= 0.6 is 11.8 Å². The van der Waals surface area contributed by atoms with E-state index in [4.69, 9.17) is 4.74 Å². The summed E-state index contributed by atoms with van der Waals surface area (Å²) in [5, 5.41) is 10.5. The van der Waals surface area contributed by atoms with E-state index >= 15 is 0 Å². The maximum Gasteiger partial charge on any atom is 0.309 e. The SMILES string of the molecule is C=C(C)Sc1c(CC(C)(C)C(=O)O)[nH]c2ccc(OCc3ccccn3)cc12. The van der Waals surface area contributed by atoms with E-state index in [9.17, 15) is 9.90 Å². The van der Waals surface area contributed by atoms with Crippen molar-refractivity contribution in [1.82, 2.24) is 9.97 Å². The zero-order valence-corrected chi connectivity index (χ0v) is 17.1. The normalized spacial score (nSPS) is 11.5. The highest BCUT2D eigenvalue weighted by atomic mass is 32.2. The summed E-state index contributed by atoms with van der Waals surface area (Å²) >= 11 is 1.55. The molecule has 0 bridgehead atoms. The summed E-state index contributed by atoms with van der Waals surface area (Å²) in [5.74, 6) is -0.0819. The topological polar surface area (TPSA) is 75.2 Å². The van der Waals surface area contributed by atoms with Gasteiger partial charge in [-0.15, -0.1) is 0 Å². The number of rotatable bonds is 8. The van der Waals surface area contributed by atoms with Crippen molar-refractivity contribution >= 4 is 28.6 Å². The zero-order chi connectivity index (χ0) is 20.3. The van der Waals surface area contributed by atoms with E-state index in [1.54, 1.807) is 31.8 Å². The molecule has 0 amide bonds. The number of aromatic amines is 1. The van der Waals surface area contributed by atoms with Gasteiger partial charge in [-0.1, -0.05) is 24.4 Å². The van der Waals surface area contributed by atoms with Crippen molar-refractivity contribution in [2.45, 2.75) is 38.7 Å². The molecule has 3 aromatic rings. The molecule has 146 valence electrons. The predicted octanol–water partition coefficient (Wildman–Crippen LogP) is 5.42. The first-order valence-electron chi connectivity index (χ1n) is 9.00. The minimum atomic E-state index is -0.871. The number of carboxylic acid groups (broad SMARTS) is 1. The first kappa shape index (κ1) is 20.0. The average Bonchev–Trinajstić information content (AvgIpc) is 2.96. The van der Waals surface area contributed by atoms with Crippen molar-refractivity contribution in [1.29, 1.82) is 0 Å². The first-order valence-corrected chi connectivity index (χ1v) is 9.82. The highest BCUT2D eigenvalue weighted by Gasteiger charge is 2.30. The average molecular weight is 397 g/mol. The van der Waals surface area contributed by atoms with Gasteiger partial charge in [-0.25, -0.2) is 0 Å². The van der Waals surface area contributed by atoms with Gasteiger partial charge >= 0.3 is 5.97 Å². The number of benzene rings is 1. The fraction of sp³-hybridized carbons (Fsp3) is 0.273. The Labute approximate surface area is 168 Å². The molecular formula is C22H24N2O3S. The Morgan fingerprint density at radius 2 is 2.11 bits per heavy atom. The van der Waals surface area contributed by atoms with Gasteiger partial charge < -0.3 is 14.8 Å². The maximum absolute atomic E-state index is 11.6. The van der Waals surface area contributed by atoms with Gasteiger partial charge in [0, 0.05) is 34.1 Å². The molecule has 0 atom stereocenters. The highest BCUT2D eigenvalue weighted by molar-refractivity contribution is 8.03. The fourth-order valence-corrected chi connectivity index (χ4v) is 3.74. The monoisotopic (exact) mass is 396 g/mol. The predicted molar refractivity (Wildman–Crippen MR) is 113 cm³/mol. The molecular weight excluding hydrogens is 372 g/mol. The van der Waals surface area contributed by atoms with Gasteiger partial charge in [-0.05, 0) is 56.0 Å². The van der Waals surface area contributed by atoms with Gasteiger partial charge in [0.25, 0.3) is 0 Å². The number of carboxylic acids is 1. The second-order valence-electron chi connectivity index (χ2n) is 7.42. The van der Waals surface area contributed by atoms with Crippen LogP contribution in [-0.4, -0.2) is 21.0 Å². The van der Waals surface area contributed by atoms with Gasteiger partial charge in [0.15, 0.2) is 0 Å². The summed E-state index contributed by atoms with van der Waals surface area (Å²) in [6, 6.07) is 11.6. The standard InChI is InChI=1S/C22H24N2O3S/c1-14(2)28-20-17-11-16(27-13-15-7-5-6-10-23-15)8-9-18(17)24-19(20)12-22(3,4)21(25)26/h5-11,24H,1,12-13H2,2-4H3,(H,25,26).